The van der Waals surface area contributed by atoms with Gasteiger partial charge in [0.05, 0.1) is 37.8 Å². The number of aryl methyl sites for hydroxylation is 2. The minimum Gasteiger partial charge on any atom is -0.497 e. The molecular weight excluding hydrogens is 837 g/mol. The summed E-state index contributed by atoms with van der Waals surface area (Å²) >= 11 is 0. The van der Waals surface area contributed by atoms with E-state index in [-0.39, 0.29) is 5.75 Å². The molecule has 0 aliphatic heterocycles. The molecule has 7 rings (SSSR count). The van der Waals surface area contributed by atoms with E-state index in [1.165, 1.54) is 12.0 Å². The number of oxazole rings is 2. The summed E-state index contributed by atoms with van der Waals surface area (Å²) in [5.41, 5.74) is 5.45. The molecule has 340 valence electrons. The van der Waals surface area contributed by atoms with Crippen LogP contribution in [0.1, 0.15) is 53.4 Å². The first-order valence-electron chi connectivity index (χ1n) is 21.6. The Morgan fingerprint density at radius 2 is 1.20 bits per heavy atom. The number of rotatable bonds is 20. The molecule has 0 radical (unpaired) electrons. The molecule has 1 N–H and O–H groups in total. The highest BCUT2D eigenvalue weighted by Crippen LogP contribution is 2.29. The van der Waals surface area contributed by atoms with Crippen LogP contribution in [-0.2, 0) is 17.6 Å². The first-order chi connectivity index (χ1) is 32.1. The van der Waals surface area contributed by atoms with Gasteiger partial charge in [0.25, 0.3) is 0 Å². The second kappa shape index (κ2) is 24.2. The maximum Gasteiger partial charge on any atom is 0.416 e. The lowest BCUT2D eigenvalue weighted by molar-refractivity contribution is -0.138. The first kappa shape index (κ1) is 47.5. The van der Waals surface area contributed by atoms with Gasteiger partial charge in [0, 0.05) is 36.7 Å². The van der Waals surface area contributed by atoms with Crippen molar-refractivity contribution in [3.05, 3.63) is 180 Å². The SMILES string of the molecule is C=CCC(c1ccc(OCCc2nc(-c3ccccc3)oc2C)cc1)N(CC(=O)O)C(=O)Oc1ccc(OC)cc1.CCN=Cc1ccc(OCCc2nc(-c3ccccc3)oc2C)cc1. The van der Waals surface area contributed by atoms with E-state index >= 15 is 0 Å². The summed E-state index contributed by atoms with van der Waals surface area (Å²) in [6.45, 7) is 10.8. The Morgan fingerprint density at radius 3 is 1.67 bits per heavy atom. The minimum absolute atomic E-state index is 0.269. The maximum atomic E-state index is 13.1. The third-order valence-corrected chi connectivity index (χ3v) is 10.2. The molecule has 1 atom stereocenters. The number of nitrogens with zero attached hydrogens (tertiary/aromatic N) is 4. The van der Waals surface area contributed by atoms with Crippen LogP contribution in [-0.4, -0.2) is 71.7 Å². The van der Waals surface area contributed by atoms with Gasteiger partial charge in [-0.2, -0.15) is 0 Å². The zero-order valence-corrected chi connectivity index (χ0v) is 37.6. The molecule has 0 fully saturated rings. The van der Waals surface area contributed by atoms with Crippen LogP contribution in [0.3, 0.4) is 0 Å². The van der Waals surface area contributed by atoms with Crippen LogP contribution in [0.5, 0.6) is 23.0 Å². The zero-order valence-electron chi connectivity index (χ0n) is 37.6. The third-order valence-electron chi connectivity index (χ3n) is 10.2. The van der Waals surface area contributed by atoms with Gasteiger partial charge in [0.2, 0.25) is 11.8 Å². The summed E-state index contributed by atoms with van der Waals surface area (Å²) in [6.07, 6.45) is 4.30. The van der Waals surface area contributed by atoms with E-state index in [1.807, 2.05) is 112 Å². The number of carbonyl (C=O) groups is 2. The van der Waals surface area contributed by atoms with E-state index < -0.39 is 24.6 Å². The number of aliphatic imine (C=N–C) groups is 1. The molecule has 1 amide bonds. The number of aromatic nitrogens is 2. The number of carboxylic acids is 1. The fourth-order valence-electron chi connectivity index (χ4n) is 6.74. The van der Waals surface area contributed by atoms with Crippen molar-refractivity contribution in [1.29, 1.82) is 0 Å². The Labute approximate surface area is 385 Å². The predicted molar refractivity (Wildman–Crippen MR) is 254 cm³/mol. The zero-order chi connectivity index (χ0) is 46.7. The van der Waals surface area contributed by atoms with Gasteiger partial charge in [-0.1, -0.05) is 54.6 Å². The summed E-state index contributed by atoms with van der Waals surface area (Å²) in [5.74, 6) is 4.00. The predicted octanol–water partition coefficient (Wildman–Crippen LogP) is 11.2. The van der Waals surface area contributed by atoms with Crippen LogP contribution in [0, 0.1) is 13.8 Å². The van der Waals surface area contributed by atoms with Gasteiger partial charge in [-0.15, -0.1) is 6.58 Å². The fourth-order valence-corrected chi connectivity index (χ4v) is 6.74. The molecular formula is C53H54N4O9. The summed E-state index contributed by atoms with van der Waals surface area (Å²) < 4.78 is 33.9. The lowest BCUT2D eigenvalue weighted by Crippen LogP contribution is -2.40. The quantitative estimate of drug-likeness (QED) is 0.0573. The van der Waals surface area contributed by atoms with Gasteiger partial charge in [-0.3, -0.25) is 14.7 Å². The van der Waals surface area contributed by atoms with Crippen molar-refractivity contribution in [2.75, 3.05) is 33.4 Å². The summed E-state index contributed by atoms with van der Waals surface area (Å²) in [6, 6.07) is 40.6. The molecule has 0 aliphatic carbocycles. The molecule has 0 bridgehead atoms. The van der Waals surface area contributed by atoms with Crippen molar-refractivity contribution in [1.82, 2.24) is 14.9 Å². The Morgan fingerprint density at radius 1 is 0.712 bits per heavy atom. The number of amides is 1. The maximum absolute atomic E-state index is 13.1. The topological polar surface area (TPSA) is 159 Å². The summed E-state index contributed by atoms with van der Waals surface area (Å²) in [7, 11) is 1.53. The highest BCUT2D eigenvalue weighted by Gasteiger charge is 2.28. The third kappa shape index (κ3) is 13.8. The molecule has 2 aromatic heterocycles. The van der Waals surface area contributed by atoms with E-state index in [2.05, 4.69) is 21.5 Å². The van der Waals surface area contributed by atoms with Crippen molar-refractivity contribution in [2.24, 2.45) is 4.99 Å². The second-order valence-corrected chi connectivity index (χ2v) is 14.8. The van der Waals surface area contributed by atoms with Crippen LogP contribution in [0.4, 0.5) is 4.79 Å². The van der Waals surface area contributed by atoms with Crippen LogP contribution in [0.2, 0.25) is 0 Å². The average Bonchev–Trinajstić information content (AvgIpc) is 3.91. The van der Waals surface area contributed by atoms with Gasteiger partial charge in [0.1, 0.15) is 41.1 Å². The van der Waals surface area contributed by atoms with Crippen molar-refractivity contribution in [3.8, 4) is 45.9 Å². The minimum atomic E-state index is -1.16. The number of ether oxygens (including phenoxy) is 4. The first-order valence-corrected chi connectivity index (χ1v) is 21.6. The number of carbonyl (C=O) groups excluding carboxylic acids is 1. The molecule has 13 heteroatoms. The highest BCUT2D eigenvalue weighted by atomic mass is 16.6. The van der Waals surface area contributed by atoms with Crippen LogP contribution < -0.4 is 18.9 Å². The van der Waals surface area contributed by atoms with Crippen molar-refractivity contribution in [3.63, 3.8) is 0 Å². The highest BCUT2D eigenvalue weighted by molar-refractivity contribution is 5.80. The van der Waals surface area contributed by atoms with Gasteiger partial charge >= 0.3 is 12.1 Å². The molecule has 1 unspecified atom stereocenters. The molecule has 66 heavy (non-hydrogen) atoms. The van der Waals surface area contributed by atoms with Crippen molar-refractivity contribution >= 4 is 18.3 Å². The molecule has 0 aliphatic rings. The lowest BCUT2D eigenvalue weighted by Gasteiger charge is -2.29. The van der Waals surface area contributed by atoms with Crippen LogP contribution in [0.15, 0.2) is 160 Å². The smallest absolute Gasteiger partial charge is 0.416 e. The van der Waals surface area contributed by atoms with Crippen LogP contribution in [0.25, 0.3) is 22.9 Å². The Bertz CT molecular complexity index is 2620. The number of hydrogen-bond donors (Lipinski definition) is 1. The molecule has 0 spiro atoms. The standard InChI is InChI=1S/C32H32N2O7.C21H22N2O2/c1-4-8-29(34(21-30(35)36)32(37)41-27-17-15-25(38-3)16-18-27)23-11-13-26(14-12-23)39-20-19-28-22(2)40-31(33-28)24-9-6-5-7-10-24;1-3-22-15-17-9-11-19(12-10-17)24-14-13-20-16(2)25-21(23-20)18-7-5-4-6-8-18/h4-7,9-18,29H,1,8,19-21H2,2-3H3,(H,35,36);4-12,15H,3,13-14H2,1-2H3. The van der Waals surface area contributed by atoms with Crippen LogP contribution >= 0.6 is 0 Å². The van der Waals surface area contributed by atoms with Crippen molar-refractivity contribution in [2.45, 2.75) is 46.1 Å². The average molecular weight is 891 g/mol. The van der Waals surface area contributed by atoms with E-state index in [4.69, 9.17) is 27.8 Å². The van der Waals surface area contributed by atoms with Gasteiger partial charge in [-0.25, -0.2) is 14.8 Å². The number of hydrogen-bond acceptors (Lipinski definition) is 11. The van der Waals surface area contributed by atoms with E-state index in [0.717, 1.165) is 51.9 Å². The van der Waals surface area contributed by atoms with E-state index in [9.17, 15) is 14.7 Å². The number of aliphatic carboxylic acids is 1. The summed E-state index contributed by atoms with van der Waals surface area (Å²) in [5, 5.41) is 9.53. The Hall–Kier alpha value is -7.93. The Balaban J connectivity index is 0.000000245. The number of benzene rings is 5. The van der Waals surface area contributed by atoms with Gasteiger partial charge in [-0.05, 0) is 123 Å². The number of carboxylic acid groups (broad SMARTS) is 1. The molecule has 0 saturated carbocycles. The molecule has 2 heterocycles. The van der Waals surface area contributed by atoms with E-state index in [1.54, 1.807) is 54.6 Å². The molecule has 5 aromatic carbocycles. The molecule has 0 saturated heterocycles. The van der Waals surface area contributed by atoms with Gasteiger partial charge < -0.3 is 32.9 Å². The largest absolute Gasteiger partial charge is 0.497 e. The fraction of sp³-hybridized carbons (Fsp3) is 0.226. The molecule has 7 aromatic rings. The normalized spacial score (nSPS) is 11.3. The molecule has 13 nitrogen and oxygen atoms in total. The Kier molecular flexibility index (Phi) is 17.4. The lowest BCUT2D eigenvalue weighted by atomic mass is 10.0. The van der Waals surface area contributed by atoms with Gasteiger partial charge in [0.15, 0.2) is 0 Å². The number of methoxy groups -OCH3 is 1. The van der Waals surface area contributed by atoms with E-state index in [0.29, 0.717) is 61.3 Å². The second-order valence-electron chi connectivity index (χ2n) is 14.8. The monoisotopic (exact) mass is 890 g/mol. The van der Waals surface area contributed by atoms with Crippen molar-refractivity contribution < 1.29 is 42.5 Å². The summed E-state index contributed by atoms with van der Waals surface area (Å²) in [4.78, 5) is 39.4.